The van der Waals surface area contributed by atoms with Crippen LogP contribution in [0.3, 0.4) is 0 Å². The normalized spacial score (nSPS) is 15.6. The molecule has 22 heavy (non-hydrogen) atoms. The molecule has 1 heterocycles. The number of ether oxygens (including phenoxy) is 1. The van der Waals surface area contributed by atoms with Gasteiger partial charge in [-0.15, -0.1) is 0 Å². The molecule has 0 radical (unpaired) electrons. The van der Waals surface area contributed by atoms with E-state index >= 15 is 0 Å². The third-order valence-corrected chi connectivity index (χ3v) is 4.02. The van der Waals surface area contributed by atoms with Crippen LogP contribution < -0.4 is 4.90 Å². The summed E-state index contributed by atoms with van der Waals surface area (Å²) in [4.78, 5) is 27.1. The number of carbonyl (C=O) groups is 2. The summed E-state index contributed by atoms with van der Waals surface area (Å²) < 4.78 is 4.60. The van der Waals surface area contributed by atoms with Gasteiger partial charge in [0.05, 0.1) is 12.7 Å². The number of esters is 1. The minimum absolute atomic E-state index is 0.185. The van der Waals surface area contributed by atoms with Crippen molar-refractivity contribution in [2.24, 2.45) is 0 Å². The first-order chi connectivity index (χ1) is 10.5. The van der Waals surface area contributed by atoms with E-state index in [1.807, 2.05) is 6.07 Å². The van der Waals surface area contributed by atoms with Gasteiger partial charge in [0.25, 0.3) is 0 Å². The van der Waals surface area contributed by atoms with Crippen molar-refractivity contribution >= 4 is 17.6 Å². The molecule has 0 unspecified atom stereocenters. The summed E-state index contributed by atoms with van der Waals surface area (Å²) in [7, 11) is 3.41. The van der Waals surface area contributed by atoms with Gasteiger partial charge in [0, 0.05) is 38.3 Å². The highest BCUT2D eigenvalue weighted by Crippen LogP contribution is 2.22. The van der Waals surface area contributed by atoms with Crippen molar-refractivity contribution in [1.82, 2.24) is 4.90 Å². The molecule has 0 atom stereocenters. The Hall–Kier alpha value is -2.08. The summed E-state index contributed by atoms with van der Waals surface area (Å²) >= 11 is 0. The lowest BCUT2D eigenvalue weighted by atomic mass is 10.0. The van der Waals surface area contributed by atoms with Crippen molar-refractivity contribution in [3.8, 4) is 0 Å². The van der Waals surface area contributed by atoms with Crippen LogP contribution in [0.4, 0.5) is 5.69 Å². The molecule has 1 aliphatic heterocycles. The lowest BCUT2D eigenvalue weighted by Crippen LogP contribution is -2.44. The number of methoxy groups -OCH3 is 1. The number of hydrogen-bond donors (Lipinski definition) is 1. The largest absolute Gasteiger partial charge is 0.478 e. The third kappa shape index (κ3) is 3.98. The maximum absolute atomic E-state index is 11.5. The fraction of sp³-hybridized carbons (Fsp3) is 0.500. The number of aromatic carboxylic acids is 1. The van der Waals surface area contributed by atoms with Crippen molar-refractivity contribution in [3.63, 3.8) is 0 Å². The van der Waals surface area contributed by atoms with Crippen LogP contribution in [0.5, 0.6) is 0 Å². The molecule has 0 spiro atoms. The number of piperazine rings is 1. The van der Waals surface area contributed by atoms with Crippen LogP contribution in [0.1, 0.15) is 22.3 Å². The number of rotatable bonds is 5. The predicted molar refractivity (Wildman–Crippen MR) is 83.4 cm³/mol. The second kappa shape index (κ2) is 7.26. The van der Waals surface area contributed by atoms with E-state index in [-0.39, 0.29) is 18.0 Å². The Kier molecular flexibility index (Phi) is 5.38. The highest BCUT2D eigenvalue weighted by molar-refractivity contribution is 5.91. The Morgan fingerprint density at radius 1 is 1.23 bits per heavy atom. The van der Waals surface area contributed by atoms with Crippen molar-refractivity contribution in [2.45, 2.75) is 12.8 Å². The van der Waals surface area contributed by atoms with Gasteiger partial charge in [0.15, 0.2) is 0 Å². The maximum atomic E-state index is 11.5. The molecule has 2 rings (SSSR count). The zero-order chi connectivity index (χ0) is 16.1. The standard InChI is InChI=1S/C16H22N2O4/c1-17-7-9-18(10-8-17)13-5-3-12(4-6-15(19)22-2)14(11-13)16(20)21/h3,5,11H,4,6-10H2,1-2H3,(H,20,21). The summed E-state index contributed by atoms with van der Waals surface area (Å²) in [6, 6.07) is 5.45. The van der Waals surface area contributed by atoms with Crippen LogP contribution in [0.25, 0.3) is 0 Å². The molecular weight excluding hydrogens is 284 g/mol. The maximum Gasteiger partial charge on any atom is 0.336 e. The van der Waals surface area contributed by atoms with E-state index in [0.29, 0.717) is 12.0 Å². The highest BCUT2D eigenvalue weighted by atomic mass is 16.5. The number of anilines is 1. The van der Waals surface area contributed by atoms with Gasteiger partial charge in [-0.05, 0) is 31.2 Å². The molecule has 6 heteroatoms. The van der Waals surface area contributed by atoms with Crippen molar-refractivity contribution < 1.29 is 19.4 Å². The van der Waals surface area contributed by atoms with E-state index in [9.17, 15) is 14.7 Å². The van der Waals surface area contributed by atoms with Crippen molar-refractivity contribution in [2.75, 3.05) is 45.2 Å². The average molecular weight is 306 g/mol. The second-order valence-electron chi connectivity index (χ2n) is 5.51. The number of carboxylic acids is 1. The van der Waals surface area contributed by atoms with E-state index in [0.717, 1.165) is 31.9 Å². The van der Waals surface area contributed by atoms with Gasteiger partial charge in [-0.25, -0.2) is 4.79 Å². The molecule has 1 aliphatic rings. The van der Waals surface area contributed by atoms with E-state index < -0.39 is 5.97 Å². The van der Waals surface area contributed by atoms with Crippen LogP contribution in [0, 0.1) is 0 Å². The van der Waals surface area contributed by atoms with Gasteiger partial charge >= 0.3 is 11.9 Å². The molecule has 0 saturated carbocycles. The Morgan fingerprint density at radius 3 is 2.50 bits per heavy atom. The number of hydrogen-bond acceptors (Lipinski definition) is 5. The number of carboxylic acid groups (broad SMARTS) is 1. The number of benzene rings is 1. The van der Waals surface area contributed by atoms with Crippen LogP contribution in [-0.2, 0) is 16.0 Å². The number of nitrogens with zero attached hydrogens (tertiary/aromatic N) is 2. The van der Waals surface area contributed by atoms with Gasteiger partial charge < -0.3 is 19.6 Å². The molecule has 120 valence electrons. The molecule has 1 saturated heterocycles. The van der Waals surface area contributed by atoms with E-state index in [4.69, 9.17) is 0 Å². The zero-order valence-electron chi connectivity index (χ0n) is 13.0. The molecule has 6 nitrogen and oxygen atoms in total. The summed E-state index contributed by atoms with van der Waals surface area (Å²) in [5.74, 6) is -1.30. The van der Waals surface area contributed by atoms with Crippen LogP contribution in [0.15, 0.2) is 18.2 Å². The number of aryl methyl sites for hydroxylation is 1. The summed E-state index contributed by atoms with van der Waals surface area (Å²) in [6.45, 7) is 3.70. The van der Waals surface area contributed by atoms with Gasteiger partial charge in [-0.3, -0.25) is 4.79 Å². The molecule has 0 aromatic heterocycles. The minimum atomic E-state index is -0.962. The highest BCUT2D eigenvalue weighted by Gasteiger charge is 2.18. The summed E-state index contributed by atoms with van der Waals surface area (Å²) in [5.41, 5.74) is 1.85. The predicted octanol–water partition coefficient (Wildman–Crippen LogP) is 1.24. The Balaban J connectivity index is 2.16. The summed E-state index contributed by atoms with van der Waals surface area (Å²) in [6.07, 6.45) is 0.558. The molecule has 0 aliphatic carbocycles. The quantitative estimate of drug-likeness (QED) is 0.826. The van der Waals surface area contributed by atoms with E-state index in [1.54, 1.807) is 12.1 Å². The molecule has 0 amide bonds. The fourth-order valence-corrected chi connectivity index (χ4v) is 2.58. The first-order valence-electron chi connectivity index (χ1n) is 7.38. The van der Waals surface area contributed by atoms with Crippen molar-refractivity contribution in [1.29, 1.82) is 0 Å². The summed E-state index contributed by atoms with van der Waals surface area (Å²) in [5, 5.41) is 9.41. The number of carbonyl (C=O) groups excluding carboxylic acids is 1. The molecule has 1 fully saturated rings. The third-order valence-electron chi connectivity index (χ3n) is 4.02. The van der Waals surface area contributed by atoms with Gasteiger partial charge in [-0.1, -0.05) is 6.07 Å². The van der Waals surface area contributed by atoms with Crippen LogP contribution in [-0.4, -0.2) is 62.3 Å². The topological polar surface area (TPSA) is 70.1 Å². The minimum Gasteiger partial charge on any atom is -0.478 e. The fourth-order valence-electron chi connectivity index (χ4n) is 2.58. The van der Waals surface area contributed by atoms with Crippen molar-refractivity contribution in [3.05, 3.63) is 29.3 Å². The Labute approximate surface area is 130 Å². The molecule has 1 aromatic rings. The monoisotopic (exact) mass is 306 g/mol. The van der Waals surface area contributed by atoms with E-state index in [1.165, 1.54) is 7.11 Å². The van der Waals surface area contributed by atoms with E-state index in [2.05, 4.69) is 21.6 Å². The van der Waals surface area contributed by atoms with Gasteiger partial charge in [0.1, 0.15) is 0 Å². The Morgan fingerprint density at radius 2 is 1.91 bits per heavy atom. The van der Waals surface area contributed by atoms with Crippen LogP contribution >= 0.6 is 0 Å². The average Bonchev–Trinajstić information content (AvgIpc) is 2.53. The van der Waals surface area contributed by atoms with Gasteiger partial charge in [0.2, 0.25) is 0 Å². The smallest absolute Gasteiger partial charge is 0.336 e. The first-order valence-corrected chi connectivity index (χ1v) is 7.38. The lowest BCUT2D eigenvalue weighted by molar-refractivity contribution is -0.140. The first kappa shape index (κ1) is 16.3. The molecule has 1 aromatic carbocycles. The van der Waals surface area contributed by atoms with Gasteiger partial charge in [-0.2, -0.15) is 0 Å². The Bertz CT molecular complexity index is 551. The van der Waals surface area contributed by atoms with Crippen LogP contribution in [0.2, 0.25) is 0 Å². The molecule has 0 bridgehead atoms. The second-order valence-corrected chi connectivity index (χ2v) is 5.51. The number of likely N-dealkylation sites (N-methyl/N-ethyl adjacent to an activating group) is 1. The molecule has 1 N–H and O–H groups in total. The zero-order valence-corrected chi connectivity index (χ0v) is 13.0. The SMILES string of the molecule is COC(=O)CCc1ccc(N2CCN(C)CC2)cc1C(=O)O. The lowest BCUT2D eigenvalue weighted by Gasteiger charge is -2.34. The molecular formula is C16H22N2O4.